The molecule has 27 heavy (non-hydrogen) atoms. The van der Waals surface area contributed by atoms with Crippen molar-refractivity contribution in [2.75, 3.05) is 21.3 Å². The fraction of sp³-hybridized carbons (Fsp3) is 0.143. The summed E-state index contributed by atoms with van der Waals surface area (Å²) in [6.45, 7) is 0. The van der Waals surface area contributed by atoms with Gasteiger partial charge in [0.1, 0.15) is 5.69 Å². The van der Waals surface area contributed by atoms with Gasteiger partial charge < -0.3 is 14.2 Å². The molecule has 0 radical (unpaired) electrons. The Hall–Kier alpha value is -3.54. The Morgan fingerprint density at radius 3 is 2.15 bits per heavy atom. The molecule has 0 bridgehead atoms. The van der Waals surface area contributed by atoms with Crippen LogP contribution in [0.2, 0.25) is 0 Å². The Balaban J connectivity index is 1.77. The minimum Gasteiger partial charge on any atom is -0.493 e. The van der Waals surface area contributed by atoms with Crippen molar-refractivity contribution in [2.24, 2.45) is 0 Å². The van der Waals surface area contributed by atoms with E-state index < -0.39 is 0 Å². The largest absolute Gasteiger partial charge is 0.493 e. The van der Waals surface area contributed by atoms with Crippen LogP contribution in [0, 0.1) is 0 Å². The van der Waals surface area contributed by atoms with Crippen molar-refractivity contribution in [1.29, 1.82) is 0 Å². The van der Waals surface area contributed by atoms with Crippen LogP contribution in [-0.4, -0.2) is 36.3 Å². The molecule has 3 rings (SSSR count). The van der Waals surface area contributed by atoms with Gasteiger partial charge in [0.05, 0.1) is 27.5 Å². The molecule has 0 aliphatic rings. The molecule has 0 amide bonds. The van der Waals surface area contributed by atoms with Crippen LogP contribution in [0.4, 0.5) is 0 Å². The van der Waals surface area contributed by atoms with Gasteiger partial charge in [0, 0.05) is 6.20 Å². The molecule has 0 saturated heterocycles. The molecule has 1 heterocycles. The van der Waals surface area contributed by atoms with E-state index >= 15 is 0 Å². The minimum atomic E-state index is 0.564. The second-order valence-corrected chi connectivity index (χ2v) is 5.64. The Bertz CT molecular complexity index is 921. The molecule has 0 N–H and O–H groups in total. The molecule has 1 aromatic heterocycles. The van der Waals surface area contributed by atoms with Gasteiger partial charge in [-0.1, -0.05) is 41.6 Å². The standard InChI is InChI=1S/C21H21N3O3/c1-25-19-13-17(14-20(26-2)21(19)27-3)9-10-18-15-24(23-22-18)12-11-16-7-5-4-6-8-16/h4-15H,1-3H3/b10-9+,12-11+. The van der Waals surface area contributed by atoms with Crippen LogP contribution >= 0.6 is 0 Å². The summed E-state index contributed by atoms with van der Waals surface area (Å²) in [6, 6.07) is 13.8. The van der Waals surface area contributed by atoms with E-state index in [9.17, 15) is 0 Å². The van der Waals surface area contributed by atoms with Crippen LogP contribution in [0.5, 0.6) is 17.2 Å². The molecular weight excluding hydrogens is 342 g/mol. The van der Waals surface area contributed by atoms with Crippen molar-refractivity contribution in [1.82, 2.24) is 15.0 Å². The summed E-state index contributed by atoms with van der Waals surface area (Å²) >= 11 is 0. The van der Waals surface area contributed by atoms with Crippen molar-refractivity contribution in [3.8, 4) is 17.2 Å². The number of methoxy groups -OCH3 is 3. The molecule has 0 unspecified atom stereocenters. The lowest BCUT2D eigenvalue weighted by Crippen LogP contribution is -1.95. The maximum absolute atomic E-state index is 5.37. The lowest BCUT2D eigenvalue weighted by atomic mass is 10.1. The van der Waals surface area contributed by atoms with Gasteiger partial charge in [0.25, 0.3) is 0 Å². The molecule has 2 aromatic carbocycles. The summed E-state index contributed by atoms with van der Waals surface area (Å²) in [5.41, 5.74) is 2.74. The lowest BCUT2D eigenvalue weighted by Gasteiger charge is -2.12. The highest BCUT2D eigenvalue weighted by atomic mass is 16.5. The predicted molar refractivity (Wildman–Crippen MR) is 107 cm³/mol. The number of benzene rings is 2. The number of rotatable bonds is 7. The van der Waals surface area contributed by atoms with E-state index in [2.05, 4.69) is 10.3 Å². The summed E-state index contributed by atoms with van der Waals surface area (Å²) in [5.74, 6) is 1.77. The second kappa shape index (κ2) is 8.71. The molecular formula is C21H21N3O3. The van der Waals surface area contributed by atoms with E-state index in [1.165, 1.54) is 0 Å². The normalized spacial score (nSPS) is 11.2. The summed E-state index contributed by atoms with van der Waals surface area (Å²) in [4.78, 5) is 0. The third kappa shape index (κ3) is 4.55. The highest BCUT2D eigenvalue weighted by Crippen LogP contribution is 2.38. The molecule has 6 nitrogen and oxygen atoms in total. The maximum Gasteiger partial charge on any atom is 0.203 e. The van der Waals surface area contributed by atoms with Gasteiger partial charge in [0.15, 0.2) is 11.5 Å². The Morgan fingerprint density at radius 2 is 1.52 bits per heavy atom. The monoisotopic (exact) mass is 363 g/mol. The maximum atomic E-state index is 5.37. The molecule has 3 aromatic rings. The zero-order valence-electron chi connectivity index (χ0n) is 15.5. The Kier molecular flexibility index (Phi) is 5.89. The SMILES string of the molecule is COc1cc(/C=C/c2cn(/C=C/c3ccccc3)nn2)cc(OC)c1OC. The van der Waals surface area contributed by atoms with Gasteiger partial charge in [-0.05, 0) is 35.4 Å². The highest BCUT2D eigenvalue weighted by Gasteiger charge is 2.12. The summed E-state index contributed by atoms with van der Waals surface area (Å²) in [7, 11) is 4.77. The van der Waals surface area contributed by atoms with Crippen LogP contribution in [0.15, 0.2) is 48.7 Å². The van der Waals surface area contributed by atoms with Crippen LogP contribution in [0.25, 0.3) is 24.4 Å². The van der Waals surface area contributed by atoms with Gasteiger partial charge >= 0.3 is 0 Å². The van der Waals surface area contributed by atoms with E-state index in [1.54, 1.807) is 26.0 Å². The summed E-state index contributed by atoms with van der Waals surface area (Å²) in [6.07, 6.45) is 9.47. The van der Waals surface area contributed by atoms with E-state index in [0.29, 0.717) is 17.2 Å². The third-order valence-corrected chi connectivity index (χ3v) is 3.88. The van der Waals surface area contributed by atoms with Crippen LogP contribution in [0.3, 0.4) is 0 Å². The number of ether oxygens (including phenoxy) is 3. The van der Waals surface area contributed by atoms with Crippen molar-refractivity contribution >= 4 is 24.4 Å². The Labute approximate surface area is 158 Å². The van der Waals surface area contributed by atoms with E-state index in [4.69, 9.17) is 14.2 Å². The van der Waals surface area contributed by atoms with E-state index in [-0.39, 0.29) is 0 Å². The lowest BCUT2D eigenvalue weighted by molar-refractivity contribution is 0.324. The minimum absolute atomic E-state index is 0.564. The molecule has 0 aliphatic carbocycles. The van der Waals surface area contributed by atoms with Crippen LogP contribution in [-0.2, 0) is 0 Å². The topological polar surface area (TPSA) is 58.4 Å². The van der Waals surface area contributed by atoms with Crippen LogP contribution in [0.1, 0.15) is 16.8 Å². The molecule has 0 fully saturated rings. The molecule has 0 spiro atoms. The van der Waals surface area contributed by atoms with Crippen molar-refractivity contribution in [3.05, 3.63) is 65.5 Å². The number of nitrogens with zero attached hydrogens (tertiary/aromatic N) is 3. The van der Waals surface area contributed by atoms with E-state index in [0.717, 1.165) is 16.8 Å². The summed E-state index contributed by atoms with van der Waals surface area (Å²) < 4.78 is 17.7. The predicted octanol–water partition coefficient (Wildman–Crippen LogP) is 4.10. The smallest absolute Gasteiger partial charge is 0.203 e. The number of hydrogen-bond donors (Lipinski definition) is 0. The van der Waals surface area contributed by atoms with Crippen molar-refractivity contribution in [2.45, 2.75) is 0 Å². The molecule has 6 heteroatoms. The Morgan fingerprint density at radius 1 is 0.815 bits per heavy atom. The van der Waals surface area contributed by atoms with Gasteiger partial charge in [-0.15, -0.1) is 5.10 Å². The first-order valence-electron chi connectivity index (χ1n) is 8.36. The van der Waals surface area contributed by atoms with Gasteiger partial charge in [-0.3, -0.25) is 0 Å². The average Bonchev–Trinajstić information content (AvgIpc) is 3.18. The highest BCUT2D eigenvalue weighted by molar-refractivity contribution is 5.71. The average molecular weight is 363 g/mol. The molecule has 138 valence electrons. The molecule has 0 aliphatic heterocycles. The zero-order valence-corrected chi connectivity index (χ0v) is 15.5. The van der Waals surface area contributed by atoms with Crippen LogP contribution < -0.4 is 14.2 Å². The fourth-order valence-electron chi connectivity index (χ4n) is 2.55. The quantitative estimate of drug-likeness (QED) is 0.632. The van der Waals surface area contributed by atoms with E-state index in [1.807, 2.05) is 73.1 Å². The number of hydrogen-bond acceptors (Lipinski definition) is 5. The number of aromatic nitrogens is 3. The van der Waals surface area contributed by atoms with Gasteiger partial charge in [-0.2, -0.15) is 0 Å². The zero-order chi connectivity index (χ0) is 19.1. The molecule has 0 saturated carbocycles. The third-order valence-electron chi connectivity index (χ3n) is 3.88. The second-order valence-electron chi connectivity index (χ2n) is 5.64. The van der Waals surface area contributed by atoms with Gasteiger partial charge in [0.2, 0.25) is 5.75 Å². The van der Waals surface area contributed by atoms with Crippen molar-refractivity contribution in [3.63, 3.8) is 0 Å². The summed E-state index contributed by atoms with van der Waals surface area (Å²) in [5, 5.41) is 8.25. The first-order chi connectivity index (χ1) is 13.2. The first kappa shape index (κ1) is 18.3. The fourth-order valence-corrected chi connectivity index (χ4v) is 2.55. The molecule has 0 atom stereocenters. The van der Waals surface area contributed by atoms with Crippen molar-refractivity contribution < 1.29 is 14.2 Å². The first-order valence-corrected chi connectivity index (χ1v) is 8.36. The van der Waals surface area contributed by atoms with Gasteiger partial charge in [-0.25, -0.2) is 4.68 Å².